The summed E-state index contributed by atoms with van der Waals surface area (Å²) in [4.78, 5) is 0. The number of hydrogen-bond acceptors (Lipinski definition) is 1. The maximum absolute atomic E-state index is 12.9. The van der Waals surface area contributed by atoms with Crippen molar-refractivity contribution >= 4 is 12.4 Å². The minimum atomic E-state index is -0.152. The highest BCUT2D eigenvalue weighted by Crippen LogP contribution is 2.31. The fraction of sp³-hybridized carbons (Fsp3) is 0.333. The second kappa shape index (κ2) is 5.16. The molecule has 0 fully saturated rings. The number of rotatable bonds is 2. The minimum absolute atomic E-state index is 0. The van der Waals surface area contributed by atoms with Crippen LogP contribution >= 0.6 is 12.4 Å². The zero-order chi connectivity index (χ0) is 9.97. The lowest BCUT2D eigenvalue weighted by molar-refractivity contribution is 0.568. The highest BCUT2D eigenvalue weighted by molar-refractivity contribution is 5.85. The predicted molar refractivity (Wildman–Crippen MR) is 61.5 cm³/mol. The van der Waals surface area contributed by atoms with Crippen molar-refractivity contribution in [3.8, 4) is 12.3 Å². The third-order valence-electron chi connectivity index (χ3n) is 2.63. The zero-order valence-corrected chi connectivity index (χ0v) is 9.11. The molecule has 1 aromatic carbocycles. The van der Waals surface area contributed by atoms with E-state index in [-0.39, 0.29) is 18.2 Å². The number of hydrogen-bond donors (Lipinski definition) is 1. The number of nitrogens with one attached hydrogen (secondary N) is 1. The van der Waals surface area contributed by atoms with Gasteiger partial charge in [0, 0.05) is 6.04 Å². The second-order valence-electron chi connectivity index (χ2n) is 3.52. The zero-order valence-electron chi connectivity index (χ0n) is 8.29. The fourth-order valence-corrected chi connectivity index (χ4v) is 1.98. The van der Waals surface area contributed by atoms with E-state index < -0.39 is 0 Å². The Kier molecular flexibility index (Phi) is 4.14. The molecule has 1 aromatic rings. The molecule has 0 saturated carbocycles. The average Bonchev–Trinajstić information content (AvgIpc) is 2.57. The van der Waals surface area contributed by atoms with Crippen LogP contribution in [-0.4, -0.2) is 6.54 Å². The van der Waals surface area contributed by atoms with Crippen LogP contribution in [0.25, 0.3) is 0 Å². The molecular formula is C12H13ClFN. The van der Waals surface area contributed by atoms with Gasteiger partial charge in [0.05, 0.1) is 6.54 Å². The maximum atomic E-state index is 12.9. The first kappa shape index (κ1) is 12.0. The summed E-state index contributed by atoms with van der Waals surface area (Å²) in [7, 11) is 0. The SMILES string of the molecule is C#CCNC1CCc2cc(F)ccc21.Cl. The van der Waals surface area contributed by atoms with Crippen LogP contribution in [0, 0.1) is 18.2 Å². The largest absolute Gasteiger partial charge is 0.299 e. The molecule has 1 N–H and O–H groups in total. The smallest absolute Gasteiger partial charge is 0.123 e. The Balaban J connectivity index is 0.00000112. The van der Waals surface area contributed by atoms with Gasteiger partial charge in [-0.05, 0) is 36.1 Å². The highest BCUT2D eigenvalue weighted by atomic mass is 35.5. The molecule has 2 rings (SSSR count). The van der Waals surface area contributed by atoms with Gasteiger partial charge in [0.25, 0.3) is 0 Å². The molecule has 80 valence electrons. The van der Waals surface area contributed by atoms with E-state index in [2.05, 4.69) is 11.2 Å². The molecule has 1 aliphatic rings. The molecular weight excluding hydrogens is 213 g/mol. The van der Waals surface area contributed by atoms with Crippen molar-refractivity contribution in [2.45, 2.75) is 18.9 Å². The van der Waals surface area contributed by atoms with E-state index >= 15 is 0 Å². The number of halogens is 2. The van der Waals surface area contributed by atoms with Gasteiger partial charge in [0.1, 0.15) is 5.82 Å². The maximum Gasteiger partial charge on any atom is 0.123 e. The first-order valence-electron chi connectivity index (χ1n) is 4.76. The Morgan fingerprint density at radius 3 is 3.07 bits per heavy atom. The molecule has 0 saturated heterocycles. The lowest BCUT2D eigenvalue weighted by Gasteiger charge is -2.11. The van der Waals surface area contributed by atoms with Crippen LogP contribution < -0.4 is 5.32 Å². The van der Waals surface area contributed by atoms with E-state index in [4.69, 9.17) is 6.42 Å². The average molecular weight is 226 g/mol. The molecule has 0 bridgehead atoms. The molecule has 3 heteroatoms. The summed E-state index contributed by atoms with van der Waals surface area (Å²) in [5.41, 5.74) is 2.31. The first-order valence-corrected chi connectivity index (χ1v) is 4.76. The fourth-order valence-electron chi connectivity index (χ4n) is 1.98. The van der Waals surface area contributed by atoms with Crippen LogP contribution in [0.5, 0.6) is 0 Å². The Morgan fingerprint density at radius 1 is 1.53 bits per heavy atom. The summed E-state index contributed by atoms with van der Waals surface area (Å²) in [6.45, 7) is 0.571. The van der Waals surface area contributed by atoms with Crippen molar-refractivity contribution in [1.82, 2.24) is 5.32 Å². The monoisotopic (exact) mass is 225 g/mol. The number of fused-ring (bicyclic) bond motifs is 1. The van der Waals surface area contributed by atoms with Crippen molar-refractivity contribution in [2.75, 3.05) is 6.54 Å². The minimum Gasteiger partial charge on any atom is -0.299 e. The second-order valence-corrected chi connectivity index (χ2v) is 3.52. The summed E-state index contributed by atoms with van der Waals surface area (Å²) in [5, 5.41) is 3.25. The molecule has 1 atom stereocenters. The van der Waals surface area contributed by atoms with Gasteiger partial charge in [-0.2, -0.15) is 0 Å². The number of aryl methyl sites for hydroxylation is 1. The van der Waals surface area contributed by atoms with Gasteiger partial charge in [0.15, 0.2) is 0 Å². The summed E-state index contributed by atoms with van der Waals surface area (Å²) < 4.78 is 12.9. The highest BCUT2D eigenvalue weighted by Gasteiger charge is 2.21. The quantitative estimate of drug-likeness (QED) is 0.763. The molecule has 1 aliphatic carbocycles. The summed E-state index contributed by atoms with van der Waals surface area (Å²) >= 11 is 0. The van der Waals surface area contributed by atoms with Gasteiger partial charge in [0.2, 0.25) is 0 Å². The van der Waals surface area contributed by atoms with Crippen molar-refractivity contribution in [1.29, 1.82) is 0 Å². The van der Waals surface area contributed by atoms with Gasteiger partial charge in [-0.25, -0.2) is 4.39 Å². The molecule has 15 heavy (non-hydrogen) atoms. The topological polar surface area (TPSA) is 12.0 Å². The van der Waals surface area contributed by atoms with E-state index in [0.29, 0.717) is 12.6 Å². The summed E-state index contributed by atoms with van der Waals surface area (Å²) in [6, 6.07) is 5.29. The van der Waals surface area contributed by atoms with Gasteiger partial charge in [-0.3, -0.25) is 5.32 Å². The molecule has 0 spiro atoms. The van der Waals surface area contributed by atoms with Crippen LogP contribution in [0.3, 0.4) is 0 Å². The Labute approximate surface area is 95.5 Å². The van der Waals surface area contributed by atoms with E-state index in [1.807, 2.05) is 6.07 Å². The van der Waals surface area contributed by atoms with Crippen LogP contribution in [0.15, 0.2) is 18.2 Å². The van der Waals surface area contributed by atoms with Crippen LogP contribution in [-0.2, 0) is 6.42 Å². The van der Waals surface area contributed by atoms with Crippen LogP contribution in [0.2, 0.25) is 0 Å². The van der Waals surface area contributed by atoms with Crippen LogP contribution in [0.4, 0.5) is 4.39 Å². The van der Waals surface area contributed by atoms with E-state index in [1.54, 1.807) is 6.07 Å². The Hall–Kier alpha value is -1.04. The van der Waals surface area contributed by atoms with Crippen molar-refractivity contribution in [3.05, 3.63) is 35.1 Å². The van der Waals surface area contributed by atoms with Crippen molar-refractivity contribution in [3.63, 3.8) is 0 Å². The summed E-state index contributed by atoms with van der Waals surface area (Å²) in [5.74, 6) is 2.40. The van der Waals surface area contributed by atoms with Crippen molar-refractivity contribution < 1.29 is 4.39 Å². The van der Waals surface area contributed by atoms with E-state index in [0.717, 1.165) is 18.4 Å². The normalized spacial score (nSPS) is 17.7. The molecule has 1 nitrogen and oxygen atoms in total. The molecule has 0 radical (unpaired) electrons. The van der Waals surface area contributed by atoms with E-state index in [9.17, 15) is 4.39 Å². The van der Waals surface area contributed by atoms with Crippen molar-refractivity contribution in [2.24, 2.45) is 0 Å². The Morgan fingerprint density at radius 2 is 2.33 bits per heavy atom. The van der Waals surface area contributed by atoms with Gasteiger partial charge >= 0.3 is 0 Å². The van der Waals surface area contributed by atoms with Crippen LogP contribution in [0.1, 0.15) is 23.6 Å². The predicted octanol–water partition coefficient (Wildman–Crippen LogP) is 2.46. The molecule has 0 amide bonds. The lowest BCUT2D eigenvalue weighted by atomic mass is 10.1. The standard InChI is InChI=1S/C12H12FN.ClH/c1-2-7-14-12-6-3-9-8-10(13)4-5-11(9)12;/h1,4-5,8,12,14H,3,6-7H2;1H. The molecule has 0 aromatic heterocycles. The number of terminal acetylenes is 1. The first-order chi connectivity index (χ1) is 6.81. The third-order valence-corrected chi connectivity index (χ3v) is 2.63. The molecule has 1 unspecified atom stereocenters. The lowest BCUT2D eigenvalue weighted by Crippen LogP contribution is -2.19. The third kappa shape index (κ3) is 2.50. The Bertz CT molecular complexity index is 384. The molecule has 0 heterocycles. The van der Waals surface area contributed by atoms with Gasteiger partial charge < -0.3 is 0 Å². The van der Waals surface area contributed by atoms with Gasteiger partial charge in [-0.15, -0.1) is 18.8 Å². The summed E-state index contributed by atoms with van der Waals surface area (Å²) in [6.07, 6.45) is 7.13. The number of benzene rings is 1. The van der Waals surface area contributed by atoms with Gasteiger partial charge in [-0.1, -0.05) is 12.0 Å². The van der Waals surface area contributed by atoms with E-state index in [1.165, 1.54) is 11.6 Å². The molecule has 0 aliphatic heterocycles.